The summed E-state index contributed by atoms with van der Waals surface area (Å²) in [7, 11) is 2.07. The van der Waals surface area contributed by atoms with E-state index in [0.29, 0.717) is 11.5 Å². The molecule has 104 valence electrons. The Labute approximate surface area is 116 Å². The molecule has 2 nitrogen and oxygen atoms in total. The van der Waals surface area contributed by atoms with Crippen molar-refractivity contribution in [1.29, 1.82) is 0 Å². The Morgan fingerprint density at radius 3 is 2.63 bits per heavy atom. The van der Waals surface area contributed by atoms with Gasteiger partial charge in [0, 0.05) is 18.6 Å². The summed E-state index contributed by atoms with van der Waals surface area (Å²) in [5.41, 5.74) is 3.11. The highest BCUT2D eigenvalue weighted by atomic mass is 16.5. The predicted octanol–water partition coefficient (Wildman–Crippen LogP) is 2.94. The first kappa shape index (κ1) is 13.1. The van der Waals surface area contributed by atoms with Gasteiger partial charge in [-0.15, -0.1) is 0 Å². The fraction of sp³-hybridized carbons (Fsp3) is 0.647. The second-order valence-electron chi connectivity index (χ2n) is 6.43. The molecule has 0 radical (unpaired) electrons. The summed E-state index contributed by atoms with van der Waals surface area (Å²) >= 11 is 0. The zero-order chi connectivity index (χ0) is 13.3. The summed E-state index contributed by atoms with van der Waals surface area (Å²) in [6, 6.07) is 9.03. The van der Waals surface area contributed by atoms with Crippen molar-refractivity contribution < 1.29 is 4.74 Å². The van der Waals surface area contributed by atoms with Crippen LogP contribution in [-0.2, 0) is 11.2 Å². The van der Waals surface area contributed by atoms with Crippen molar-refractivity contribution in [3.63, 3.8) is 0 Å². The van der Waals surface area contributed by atoms with Crippen molar-refractivity contribution in [3.8, 4) is 0 Å². The van der Waals surface area contributed by atoms with Crippen LogP contribution in [-0.4, -0.2) is 26.3 Å². The van der Waals surface area contributed by atoms with Gasteiger partial charge in [-0.05, 0) is 51.1 Å². The monoisotopic (exact) mass is 259 g/mol. The fourth-order valence-corrected chi connectivity index (χ4v) is 3.65. The van der Waals surface area contributed by atoms with Crippen LogP contribution >= 0.6 is 0 Å². The van der Waals surface area contributed by atoms with E-state index in [1.54, 1.807) is 0 Å². The first-order valence-corrected chi connectivity index (χ1v) is 7.55. The molecule has 1 saturated heterocycles. The number of aryl methyl sites for hydroxylation is 1. The lowest BCUT2D eigenvalue weighted by atomic mass is 9.74. The van der Waals surface area contributed by atoms with Crippen LogP contribution < -0.4 is 5.32 Å². The van der Waals surface area contributed by atoms with Gasteiger partial charge >= 0.3 is 0 Å². The quantitative estimate of drug-likeness (QED) is 0.878. The van der Waals surface area contributed by atoms with Gasteiger partial charge in [-0.25, -0.2) is 0 Å². The molecule has 2 unspecified atom stereocenters. The molecule has 2 atom stereocenters. The average Bonchev–Trinajstić information content (AvgIpc) is 3.16. The summed E-state index contributed by atoms with van der Waals surface area (Å²) in [6.45, 7) is 4.16. The second-order valence-corrected chi connectivity index (χ2v) is 6.43. The number of rotatable bonds is 5. The summed E-state index contributed by atoms with van der Waals surface area (Å²) in [4.78, 5) is 0. The Bertz CT molecular complexity index is 423. The average molecular weight is 259 g/mol. The van der Waals surface area contributed by atoms with Crippen LogP contribution in [0.2, 0.25) is 0 Å². The lowest BCUT2D eigenvalue weighted by Gasteiger charge is -2.34. The molecule has 3 rings (SSSR count). The fourth-order valence-electron chi connectivity index (χ4n) is 3.65. The third-order valence-corrected chi connectivity index (χ3v) is 4.76. The van der Waals surface area contributed by atoms with Crippen LogP contribution in [0.15, 0.2) is 24.3 Å². The van der Waals surface area contributed by atoms with E-state index in [9.17, 15) is 0 Å². The molecule has 1 N–H and O–H groups in total. The van der Waals surface area contributed by atoms with Crippen LogP contribution in [0, 0.1) is 18.3 Å². The maximum Gasteiger partial charge on any atom is 0.0675 e. The van der Waals surface area contributed by atoms with Gasteiger partial charge in [0.15, 0.2) is 0 Å². The molecule has 0 bridgehead atoms. The highest BCUT2D eigenvalue weighted by Crippen LogP contribution is 2.49. The highest BCUT2D eigenvalue weighted by molar-refractivity contribution is 5.23. The third kappa shape index (κ3) is 2.70. The van der Waals surface area contributed by atoms with E-state index in [1.807, 2.05) is 0 Å². The molecule has 1 heterocycles. The van der Waals surface area contributed by atoms with E-state index in [-0.39, 0.29) is 0 Å². The molecule has 1 aliphatic heterocycles. The number of benzene rings is 1. The van der Waals surface area contributed by atoms with E-state index in [1.165, 1.54) is 30.4 Å². The molecule has 19 heavy (non-hydrogen) atoms. The van der Waals surface area contributed by atoms with Gasteiger partial charge in [0.05, 0.1) is 6.10 Å². The van der Waals surface area contributed by atoms with Gasteiger partial charge in [-0.3, -0.25) is 0 Å². The van der Waals surface area contributed by atoms with Gasteiger partial charge in [-0.1, -0.05) is 29.8 Å². The molecular formula is C17H25NO. The number of nitrogens with one attached hydrogen (secondary N) is 1. The van der Waals surface area contributed by atoms with E-state index in [2.05, 4.69) is 43.6 Å². The number of ether oxygens (including phenoxy) is 1. The molecule has 0 amide bonds. The summed E-state index contributed by atoms with van der Waals surface area (Å²) < 4.78 is 6.10. The van der Waals surface area contributed by atoms with Crippen molar-refractivity contribution in [2.24, 2.45) is 11.3 Å². The molecule has 2 aliphatic rings. The van der Waals surface area contributed by atoms with Gasteiger partial charge in [-0.2, -0.15) is 0 Å². The predicted molar refractivity (Wildman–Crippen MR) is 78.3 cm³/mol. The first-order chi connectivity index (χ1) is 9.23. The van der Waals surface area contributed by atoms with Crippen LogP contribution in [0.5, 0.6) is 0 Å². The van der Waals surface area contributed by atoms with Crippen molar-refractivity contribution in [2.75, 3.05) is 20.2 Å². The largest absolute Gasteiger partial charge is 0.377 e. The maximum absolute atomic E-state index is 6.10. The maximum atomic E-state index is 6.10. The van der Waals surface area contributed by atoms with Crippen LogP contribution in [0.4, 0.5) is 0 Å². The van der Waals surface area contributed by atoms with E-state index >= 15 is 0 Å². The molecule has 1 aromatic carbocycles. The lowest BCUT2D eigenvalue weighted by Crippen LogP contribution is -2.42. The van der Waals surface area contributed by atoms with E-state index in [0.717, 1.165) is 25.5 Å². The van der Waals surface area contributed by atoms with Gasteiger partial charge in [0.25, 0.3) is 0 Å². The topological polar surface area (TPSA) is 21.3 Å². The van der Waals surface area contributed by atoms with E-state index < -0.39 is 0 Å². The minimum absolute atomic E-state index is 0.311. The highest BCUT2D eigenvalue weighted by Gasteiger charge is 2.50. The number of hydrogen-bond acceptors (Lipinski definition) is 2. The third-order valence-electron chi connectivity index (χ3n) is 4.76. The molecule has 1 aliphatic carbocycles. The minimum atomic E-state index is 0.311. The summed E-state index contributed by atoms with van der Waals surface area (Å²) in [6.07, 6.45) is 5.55. The Hall–Kier alpha value is -0.860. The molecule has 0 spiro atoms. The molecule has 2 heteroatoms. The Balaban J connectivity index is 1.81. The standard InChI is InChI=1S/C17H25NO/c1-13-3-5-14(6-4-13)11-17(12-18-2)9-10-19-16(17)15-7-8-15/h3-6,15-16,18H,7-12H2,1-2H3. The Kier molecular flexibility index (Phi) is 3.64. The van der Waals surface area contributed by atoms with Gasteiger partial charge in [0.2, 0.25) is 0 Å². The lowest BCUT2D eigenvalue weighted by molar-refractivity contribution is 0.0314. The zero-order valence-corrected chi connectivity index (χ0v) is 12.1. The Morgan fingerprint density at radius 2 is 2.00 bits per heavy atom. The van der Waals surface area contributed by atoms with Crippen molar-refractivity contribution in [1.82, 2.24) is 5.32 Å². The van der Waals surface area contributed by atoms with Crippen molar-refractivity contribution >= 4 is 0 Å². The molecular weight excluding hydrogens is 234 g/mol. The summed E-state index contributed by atoms with van der Waals surface area (Å²) in [5, 5.41) is 3.41. The zero-order valence-electron chi connectivity index (χ0n) is 12.1. The minimum Gasteiger partial charge on any atom is -0.377 e. The van der Waals surface area contributed by atoms with Crippen LogP contribution in [0.3, 0.4) is 0 Å². The SMILES string of the molecule is CNCC1(Cc2ccc(C)cc2)CCOC1C1CC1. The van der Waals surface area contributed by atoms with Crippen LogP contribution in [0.25, 0.3) is 0 Å². The first-order valence-electron chi connectivity index (χ1n) is 7.55. The van der Waals surface area contributed by atoms with Gasteiger partial charge < -0.3 is 10.1 Å². The smallest absolute Gasteiger partial charge is 0.0675 e. The summed E-state index contributed by atoms with van der Waals surface area (Å²) in [5.74, 6) is 0.821. The molecule has 1 saturated carbocycles. The van der Waals surface area contributed by atoms with E-state index in [4.69, 9.17) is 4.74 Å². The molecule has 2 fully saturated rings. The second kappa shape index (κ2) is 5.26. The van der Waals surface area contributed by atoms with Crippen molar-refractivity contribution in [2.45, 2.75) is 38.7 Å². The number of hydrogen-bond donors (Lipinski definition) is 1. The normalized spacial score (nSPS) is 30.7. The molecule has 0 aromatic heterocycles. The Morgan fingerprint density at radius 1 is 1.26 bits per heavy atom. The molecule has 1 aromatic rings. The van der Waals surface area contributed by atoms with Crippen LogP contribution in [0.1, 0.15) is 30.4 Å². The van der Waals surface area contributed by atoms with Gasteiger partial charge in [0.1, 0.15) is 0 Å². The van der Waals surface area contributed by atoms with Crippen molar-refractivity contribution in [3.05, 3.63) is 35.4 Å².